The van der Waals surface area contributed by atoms with Crippen LogP contribution in [0.1, 0.15) is 68.6 Å². The molecule has 0 fully saturated rings. The van der Waals surface area contributed by atoms with Gasteiger partial charge in [0.2, 0.25) is 0 Å². The first-order valence-corrected chi connectivity index (χ1v) is 10.2. The van der Waals surface area contributed by atoms with Gasteiger partial charge in [0.25, 0.3) is 0 Å². The maximum absolute atomic E-state index is 8.99. The molecular formula is C26H29N. The zero-order valence-electron chi connectivity index (χ0n) is 16.3. The third-order valence-electron chi connectivity index (χ3n) is 5.69. The molecule has 1 atom stereocenters. The Kier molecular flexibility index (Phi) is 6.66. The Hall–Kier alpha value is -2.59. The van der Waals surface area contributed by atoms with E-state index in [9.17, 15) is 0 Å². The highest BCUT2D eigenvalue weighted by atomic mass is 14.3. The fraction of sp³-hybridized carbons (Fsp3) is 0.346. The molecule has 2 aromatic rings. The van der Waals surface area contributed by atoms with Crippen molar-refractivity contribution in [3.05, 3.63) is 89.5 Å². The molecule has 0 aliphatic heterocycles. The number of unbranched alkanes of at least 4 members (excludes halogenated alkanes) is 4. The highest BCUT2D eigenvalue weighted by molar-refractivity contribution is 5.76. The Balaban J connectivity index is 1.76. The lowest BCUT2D eigenvalue weighted by Crippen LogP contribution is -2.24. The number of hydrogen-bond acceptors (Lipinski definition) is 1. The lowest BCUT2D eigenvalue weighted by Gasteiger charge is -2.33. The molecule has 1 heteroatoms. The van der Waals surface area contributed by atoms with Crippen LogP contribution in [0.15, 0.2) is 72.8 Å². The van der Waals surface area contributed by atoms with Crippen LogP contribution in [0.5, 0.6) is 0 Å². The number of benzene rings is 2. The van der Waals surface area contributed by atoms with Crippen molar-refractivity contribution in [2.45, 2.75) is 57.3 Å². The van der Waals surface area contributed by atoms with E-state index in [4.69, 9.17) is 5.26 Å². The van der Waals surface area contributed by atoms with E-state index < -0.39 is 0 Å². The monoisotopic (exact) mass is 355 g/mol. The Labute approximate surface area is 164 Å². The quantitative estimate of drug-likeness (QED) is 0.459. The van der Waals surface area contributed by atoms with E-state index in [1.54, 1.807) is 0 Å². The predicted octanol–water partition coefficient (Wildman–Crippen LogP) is 7.20. The molecule has 0 saturated carbocycles. The fourth-order valence-electron chi connectivity index (χ4n) is 3.99. The first-order valence-electron chi connectivity index (χ1n) is 10.2. The lowest BCUT2D eigenvalue weighted by molar-refractivity contribution is 0.455. The Morgan fingerprint density at radius 2 is 1.67 bits per heavy atom. The molecule has 2 aromatic carbocycles. The van der Waals surface area contributed by atoms with Crippen molar-refractivity contribution in [1.82, 2.24) is 0 Å². The molecule has 0 radical (unpaired) electrons. The highest BCUT2D eigenvalue weighted by Crippen LogP contribution is 2.40. The van der Waals surface area contributed by atoms with Gasteiger partial charge in [0, 0.05) is 5.41 Å². The van der Waals surface area contributed by atoms with E-state index in [2.05, 4.69) is 73.7 Å². The van der Waals surface area contributed by atoms with Gasteiger partial charge >= 0.3 is 0 Å². The van der Waals surface area contributed by atoms with Gasteiger partial charge in [0.05, 0.1) is 11.6 Å². The van der Waals surface area contributed by atoms with Crippen LogP contribution < -0.4 is 0 Å². The molecule has 0 amide bonds. The van der Waals surface area contributed by atoms with Crippen LogP contribution in [-0.4, -0.2) is 0 Å². The third-order valence-corrected chi connectivity index (χ3v) is 5.69. The second kappa shape index (κ2) is 9.38. The van der Waals surface area contributed by atoms with E-state index in [0.29, 0.717) is 5.56 Å². The summed E-state index contributed by atoms with van der Waals surface area (Å²) in [5, 5.41) is 8.99. The van der Waals surface area contributed by atoms with Crippen molar-refractivity contribution >= 4 is 5.57 Å². The average molecular weight is 356 g/mol. The maximum Gasteiger partial charge on any atom is 0.0991 e. The van der Waals surface area contributed by atoms with Gasteiger partial charge in [0.1, 0.15) is 0 Å². The van der Waals surface area contributed by atoms with Crippen molar-refractivity contribution in [3.63, 3.8) is 0 Å². The third kappa shape index (κ3) is 4.77. The van der Waals surface area contributed by atoms with Crippen LogP contribution in [-0.2, 0) is 5.41 Å². The molecule has 1 unspecified atom stereocenters. The zero-order valence-corrected chi connectivity index (χ0v) is 16.3. The molecule has 0 bridgehead atoms. The summed E-state index contributed by atoms with van der Waals surface area (Å²) in [5.41, 5.74) is 4.70. The van der Waals surface area contributed by atoms with Gasteiger partial charge in [0.15, 0.2) is 0 Å². The van der Waals surface area contributed by atoms with Crippen LogP contribution in [0.2, 0.25) is 0 Å². The Morgan fingerprint density at radius 3 is 2.30 bits per heavy atom. The van der Waals surface area contributed by atoms with Crippen LogP contribution in [0.4, 0.5) is 0 Å². The molecule has 138 valence electrons. The van der Waals surface area contributed by atoms with Crippen molar-refractivity contribution in [1.29, 1.82) is 5.26 Å². The number of nitriles is 1. The average Bonchev–Trinajstić information content (AvgIpc) is 2.75. The van der Waals surface area contributed by atoms with Crippen LogP contribution in [0, 0.1) is 11.3 Å². The first kappa shape index (κ1) is 19.2. The van der Waals surface area contributed by atoms with E-state index in [1.807, 2.05) is 12.1 Å². The molecule has 27 heavy (non-hydrogen) atoms. The summed E-state index contributed by atoms with van der Waals surface area (Å²) < 4.78 is 0. The standard InChI is InChI=1S/C26H29N/c1-2-3-4-5-9-18-26(25-10-7-6-8-11-25)19-16-24(17-20-26)23-14-12-22(21-27)13-15-23/h6-8,10-17,19H,2-5,9,18,20H2,1H3. The summed E-state index contributed by atoms with van der Waals surface area (Å²) in [7, 11) is 0. The molecule has 1 aliphatic rings. The second-order valence-corrected chi connectivity index (χ2v) is 7.57. The zero-order chi connectivity index (χ0) is 19.0. The van der Waals surface area contributed by atoms with E-state index in [-0.39, 0.29) is 5.41 Å². The van der Waals surface area contributed by atoms with Crippen LogP contribution >= 0.6 is 0 Å². The predicted molar refractivity (Wildman–Crippen MR) is 114 cm³/mol. The molecule has 0 spiro atoms. The number of hydrogen-bond donors (Lipinski definition) is 0. The summed E-state index contributed by atoms with van der Waals surface area (Å²) in [4.78, 5) is 0. The van der Waals surface area contributed by atoms with E-state index in [1.165, 1.54) is 55.2 Å². The van der Waals surface area contributed by atoms with Crippen molar-refractivity contribution in [2.75, 3.05) is 0 Å². The summed E-state index contributed by atoms with van der Waals surface area (Å²) in [6.07, 6.45) is 15.9. The number of allylic oxidation sites excluding steroid dienone is 4. The van der Waals surface area contributed by atoms with Gasteiger partial charge in [-0.3, -0.25) is 0 Å². The van der Waals surface area contributed by atoms with Crippen molar-refractivity contribution < 1.29 is 0 Å². The SMILES string of the molecule is CCCCCCCC1(c2ccccc2)C=CC(c2ccc(C#N)cc2)=CC1. The molecule has 0 saturated heterocycles. The van der Waals surface area contributed by atoms with Gasteiger partial charge in [-0.25, -0.2) is 0 Å². The molecule has 0 N–H and O–H groups in total. The smallest absolute Gasteiger partial charge is 0.0991 e. The van der Waals surface area contributed by atoms with Crippen molar-refractivity contribution in [3.8, 4) is 6.07 Å². The number of rotatable bonds is 8. The minimum atomic E-state index is 0.115. The van der Waals surface area contributed by atoms with Gasteiger partial charge in [-0.05, 0) is 41.7 Å². The minimum absolute atomic E-state index is 0.115. The fourth-order valence-corrected chi connectivity index (χ4v) is 3.99. The molecular weight excluding hydrogens is 326 g/mol. The van der Waals surface area contributed by atoms with Crippen LogP contribution in [0.25, 0.3) is 5.57 Å². The summed E-state index contributed by atoms with van der Waals surface area (Å²) in [5.74, 6) is 0. The van der Waals surface area contributed by atoms with Gasteiger partial charge in [-0.15, -0.1) is 0 Å². The van der Waals surface area contributed by atoms with E-state index >= 15 is 0 Å². The van der Waals surface area contributed by atoms with Gasteiger partial charge in [-0.2, -0.15) is 5.26 Å². The topological polar surface area (TPSA) is 23.8 Å². The molecule has 3 rings (SSSR count). The molecule has 1 nitrogen and oxygen atoms in total. The van der Waals surface area contributed by atoms with Crippen molar-refractivity contribution in [2.24, 2.45) is 0 Å². The van der Waals surface area contributed by atoms with Gasteiger partial charge in [-0.1, -0.05) is 99.7 Å². The molecule has 0 aromatic heterocycles. The Morgan fingerprint density at radius 1 is 0.926 bits per heavy atom. The second-order valence-electron chi connectivity index (χ2n) is 7.57. The Bertz CT molecular complexity index is 821. The summed E-state index contributed by atoms with van der Waals surface area (Å²) in [6.45, 7) is 2.27. The van der Waals surface area contributed by atoms with Gasteiger partial charge < -0.3 is 0 Å². The molecule has 1 aliphatic carbocycles. The minimum Gasteiger partial charge on any atom is -0.192 e. The number of nitrogens with zero attached hydrogens (tertiary/aromatic N) is 1. The van der Waals surface area contributed by atoms with E-state index in [0.717, 1.165) is 6.42 Å². The lowest BCUT2D eigenvalue weighted by atomic mass is 9.70. The normalized spacial score (nSPS) is 18.7. The van der Waals surface area contributed by atoms with Crippen LogP contribution in [0.3, 0.4) is 0 Å². The first-order chi connectivity index (χ1) is 13.3. The highest BCUT2D eigenvalue weighted by Gasteiger charge is 2.29. The molecule has 0 heterocycles. The maximum atomic E-state index is 8.99. The summed E-state index contributed by atoms with van der Waals surface area (Å²) >= 11 is 0. The largest absolute Gasteiger partial charge is 0.192 e. The summed E-state index contributed by atoms with van der Waals surface area (Å²) in [6, 6.07) is 21.1.